The van der Waals surface area contributed by atoms with E-state index in [4.69, 9.17) is 4.74 Å². The number of hydrogen-bond acceptors (Lipinski definition) is 3. The molecule has 0 bridgehead atoms. The van der Waals surface area contributed by atoms with Crippen LogP contribution in [0.15, 0.2) is 6.07 Å². The normalized spacial score (nSPS) is 19.8. The van der Waals surface area contributed by atoms with Gasteiger partial charge < -0.3 is 4.74 Å². The Morgan fingerprint density at radius 2 is 2.35 bits per heavy atom. The minimum absolute atomic E-state index is 0.296. The molecule has 1 unspecified atom stereocenters. The first-order valence-electron chi connectivity index (χ1n) is 6.38. The van der Waals surface area contributed by atoms with Crippen molar-refractivity contribution in [3.63, 3.8) is 0 Å². The average Bonchev–Trinajstić information content (AvgIpc) is 2.90. The molecule has 0 radical (unpaired) electrons. The van der Waals surface area contributed by atoms with Gasteiger partial charge in [-0.25, -0.2) is 0 Å². The van der Waals surface area contributed by atoms with E-state index < -0.39 is 0 Å². The summed E-state index contributed by atoms with van der Waals surface area (Å²) in [7, 11) is 0. The molecule has 0 amide bonds. The number of Topliss-reactive ketones (excluding diaryl/α,β-unsaturated/α-hetero) is 1. The summed E-state index contributed by atoms with van der Waals surface area (Å²) in [5.74, 6) is 0.296. The van der Waals surface area contributed by atoms with E-state index in [2.05, 4.69) is 13.8 Å². The quantitative estimate of drug-likeness (QED) is 0.743. The SMILES string of the molecule is Cc1cc(C(=O)CCCC2CCCO2)sc1C. The highest BCUT2D eigenvalue weighted by molar-refractivity contribution is 7.14. The summed E-state index contributed by atoms with van der Waals surface area (Å²) in [6.07, 6.45) is 5.43. The van der Waals surface area contributed by atoms with E-state index in [0.717, 1.165) is 24.3 Å². The summed E-state index contributed by atoms with van der Waals surface area (Å²) in [5, 5.41) is 0. The predicted molar refractivity (Wildman–Crippen MR) is 70.9 cm³/mol. The van der Waals surface area contributed by atoms with Crippen molar-refractivity contribution in [2.45, 2.75) is 52.1 Å². The third-order valence-corrected chi connectivity index (χ3v) is 4.59. The van der Waals surface area contributed by atoms with Gasteiger partial charge in [0.15, 0.2) is 5.78 Å². The van der Waals surface area contributed by atoms with Crippen molar-refractivity contribution in [3.8, 4) is 0 Å². The summed E-state index contributed by atoms with van der Waals surface area (Å²) in [6.45, 7) is 5.04. The van der Waals surface area contributed by atoms with Gasteiger partial charge >= 0.3 is 0 Å². The molecule has 0 aromatic carbocycles. The fraction of sp³-hybridized carbons (Fsp3) is 0.643. The van der Waals surface area contributed by atoms with Crippen molar-refractivity contribution in [1.29, 1.82) is 0 Å². The van der Waals surface area contributed by atoms with E-state index in [1.807, 2.05) is 6.07 Å². The first kappa shape index (κ1) is 12.8. The van der Waals surface area contributed by atoms with Gasteiger partial charge in [-0.15, -0.1) is 11.3 Å². The monoisotopic (exact) mass is 252 g/mol. The number of aryl methyl sites for hydroxylation is 2. The highest BCUT2D eigenvalue weighted by Crippen LogP contribution is 2.23. The molecule has 0 spiro atoms. The molecular formula is C14H20O2S. The Morgan fingerprint density at radius 1 is 1.53 bits per heavy atom. The van der Waals surface area contributed by atoms with Gasteiger partial charge in [0.1, 0.15) is 0 Å². The van der Waals surface area contributed by atoms with Crippen molar-refractivity contribution in [1.82, 2.24) is 0 Å². The summed E-state index contributed by atoms with van der Waals surface area (Å²) in [6, 6.07) is 2.02. The lowest BCUT2D eigenvalue weighted by Gasteiger charge is -2.07. The standard InChI is InChI=1S/C14H20O2S/c1-10-9-14(17-11(10)2)13(15)7-3-5-12-6-4-8-16-12/h9,12H,3-8H2,1-2H3. The molecule has 17 heavy (non-hydrogen) atoms. The third kappa shape index (κ3) is 3.39. The highest BCUT2D eigenvalue weighted by Gasteiger charge is 2.16. The van der Waals surface area contributed by atoms with E-state index in [9.17, 15) is 4.79 Å². The second kappa shape index (κ2) is 5.78. The molecule has 2 nitrogen and oxygen atoms in total. The topological polar surface area (TPSA) is 26.3 Å². The molecule has 3 heteroatoms. The van der Waals surface area contributed by atoms with Crippen LogP contribution in [-0.4, -0.2) is 18.5 Å². The first-order chi connectivity index (χ1) is 8.16. The molecule has 0 aliphatic carbocycles. The minimum atomic E-state index is 0.296. The molecule has 2 heterocycles. The summed E-state index contributed by atoms with van der Waals surface area (Å²) < 4.78 is 5.55. The van der Waals surface area contributed by atoms with Crippen LogP contribution in [0.1, 0.15) is 52.2 Å². The van der Waals surface area contributed by atoms with Crippen molar-refractivity contribution in [3.05, 3.63) is 21.4 Å². The van der Waals surface area contributed by atoms with Gasteiger partial charge in [0.2, 0.25) is 0 Å². The highest BCUT2D eigenvalue weighted by atomic mass is 32.1. The molecule has 1 saturated heterocycles. The Kier molecular flexibility index (Phi) is 4.35. The summed E-state index contributed by atoms with van der Waals surface area (Å²) in [5.41, 5.74) is 1.23. The Balaban J connectivity index is 1.76. The van der Waals surface area contributed by atoms with Crippen molar-refractivity contribution in [2.24, 2.45) is 0 Å². The van der Waals surface area contributed by atoms with Gasteiger partial charge in [-0.1, -0.05) is 0 Å². The fourth-order valence-corrected chi connectivity index (χ4v) is 3.20. The van der Waals surface area contributed by atoms with Crippen LogP contribution in [0.2, 0.25) is 0 Å². The molecule has 0 N–H and O–H groups in total. The Labute approximate surface area is 107 Å². The smallest absolute Gasteiger partial charge is 0.172 e. The van der Waals surface area contributed by atoms with Gasteiger partial charge in [-0.3, -0.25) is 4.79 Å². The van der Waals surface area contributed by atoms with Crippen LogP contribution in [0, 0.1) is 13.8 Å². The molecule has 0 saturated carbocycles. The second-order valence-corrected chi connectivity index (χ2v) is 6.06. The molecule has 1 aliphatic rings. The van der Waals surface area contributed by atoms with Gasteiger partial charge in [0.05, 0.1) is 11.0 Å². The summed E-state index contributed by atoms with van der Waals surface area (Å²) in [4.78, 5) is 14.1. The van der Waals surface area contributed by atoms with Gasteiger partial charge in [0, 0.05) is 17.9 Å². The largest absolute Gasteiger partial charge is 0.378 e. The van der Waals surface area contributed by atoms with E-state index >= 15 is 0 Å². The lowest BCUT2D eigenvalue weighted by molar-refractivity contribution is 0.0925. The van der Waals surface area contributed by atoms with Crippen LogP contribution in [0.5, 0.6) is 0 Å². The van der Waals surface area contributed by atoms with Gasteiger partial charge in [-0.2, -0.15) is 0 Å². The van der Waals surface area contributed by atoms with E-state index in [1.54, 1.807) is 11.3 Å². The molecule has 1 aromatic rings. The van der Waals surface area contributed by atoms with E-state index in [-0.39, 0.29) is 0 Å². The third-order valence-electron chi connectivity index (χ3n) is 3.39. The average molecular weight is 252 g/mol. The summed E-state index contributed by atoms with van der Waals surface area (Å²) >= 11 is 1.62. The minimum Gasteiger partial charge on any atom is -0.378 e. The number of thiophene rings is 1. The lowest BCUT2D eigenvalue weighted by atomic mass is 10.1. The zero-order chi connectivity index (χ0) is 12.3. The molecule has 1 aliphatic heterocycles. The van der Waals surface area contributed by atoms with Crippen molar-refractivity contribution in [2.75, 3.05) is 6.61 Å². The van der Waals surface area contributed by atoms with E-state index in [0.29, 0.717) is 18.3 Å². The fourth-order valence-electron chi connectivity index (χ4n) is 2.20. The van der Waals surface area contributed by atoms with E-state index in [1.165, 1.54) is 23.3 Å². The number of ketones is 1. The van der Waals surface area contributed by atoms with Crippen molar-refractivity contribution < 1.29 is 9.53 Å². The Bertz CT molecular complexity index is 369. The number of ether oxygens (including phenoxy) is 1. The predicted octanol–water partition coefficient (Wildman–Crippen LogP) is 3.90. The molecule has 1 fully saturated rings. The molecule has 94 valence electrons. The van der Waals surface area contributed by atoms with Crippen LogP contribution in [0.25, 0.3) is 0 Å². The molecule has 1 aromatic heterocycles. The van der Waals surface area contributed by atoms with Gasteiger partial charge in [0.25, 0.3) is 0 Å². The number of carbonyl (C=O) groups excluding carboxylic acids is 1. The number of rotatable bonds is 5. The molecule has 2 rings (SSSR count). The second-order valence-electron chi connectivity index (χ2n) is 4.80. The maximum absolute atomic E-state index is 12.0. The zero-order valence-corrected chi connectivity index (χ0v) is 11.4. The lowest BCUT2D eigenvalue weighted by Crippen LogP contribution is -2.06. The number of hydrogen-bond donors (Lipinski definition) is 0. The van der Waals surface area contributed by atoms with Gasteiger partial charge in [-0.05, 0) is 51.2 Å². The maximum Gasteiger partial charge on any atom is 0.172 e. The van der Waals surface area contributed by atoms with Crippen LogP contribution in [-0.2, 0) is 4.74 Å². The molecule has 1 atom stereocenters. The Hall–Kier alpha value is -0.670. The maximum atomic E-state index is 12.0. The zero-order valence-electron chi connectivity index (χ0n) is 10.6. The van der Waals surface area contributed by atoms with Crippen LogP contribution in [0.4, 0.5) is 0 Å². The Morgan fingerprint density at radius 3 is 2.94 bits per heavy atom. The first-order valence-corrected chi connectivity index (χ1v) is 7.20. The van der Waals surface area contributed by atoms with Crippen molar-refractivity contribution >= 4 is 17.1 Å². The van der Waals surface area contributed by atoms with Crippen LogP contribution < -0.4 is 0 Å². The number of carbonyl (C=O) groups is 1. The van der Waals surface area contributed by atoms with Crippen LogP contribution >= 0.6 is 11.3 Å². The molecular weight excluding hydrogens is 232 g/mol. The van der Waals surface area contributed by atoms with Crippen LogP contribution in [0.3, 0.4) is 0 Å².